The van der Waals surface area contributed by atoms with Gasteiger partial charge in [0.1, 0.15) is 5.82 Å². The maximum atomic E-state index is 12.8. The lowest BCUT2D eigenvalue weighted by molar-refractivity contribution is 0.0737. The van der Waals surface area contributed by atoms with Crippen molar-refractivity contribution in [3.63, 3.8) is 0 Å². The highest BCUT2D eigenvalue weighted by Crippen LogP contribution is 2.14. The number of nitrogens with zero attached hydrogens (tertiary/aromatic N) is 1. The van der Waals surface area contributed by atoms with Crippen molar-refractivity contribution in [2.24, 2.45) is 0 Å². The Morgan fingerprint density at radius 3 is 2.71 bits per heavy atom. The van der Waals surface area contributed by atoms with Crippen LogP contribution in [0.15, 0.2) is 18.3 Å². The number of hydrogen-bond donors (Lipinski definition) is 1. The molecule has 1 aromatic heterocycles. The van der Waals surface area contributed by atoms with Crippen LogP contribution in [0.1, 0.15) is 38.9 Å². The standard InChI is InChI=1S/C13H21FN2O/c1-4-12(15-8-10(3)17-5-2)13-7-6-11(14)9-16-13/h6-7,9-10,12,15H,4-5,8H2,1-3H3. The molecule has 0 radical (unpaired) electrons. The zero-order chi connectivity index (χ0) is 12.7. The van der Waals surface area contributed by atoms with Crippen LogP contribution < -0.4 is 5.32 Å². The zero-order valence-electron chi connectivity index (χ0n) is 10.7. The minimum Gasteiger partial charge on any atom is -0.377 e. The first-order valence-electron chi connectivity index (χ1n) is 6.13. The highest BCUT2D eigenvalue weighted by molar-refractivity contribution is 5.09. The largest absolute Gasteiger partial charge is 0.377 e. The molecule has 0 fully saturated rings. The second-order valence-corrected chi connectivity index (χ2v) is 4.04. The summed E-state index contributed by atoms with van der Waals surface area (Å²) in [6.07, 6.45) is 2.35. The van der Waals surface area contributed by atoms with Gasteiger partial charge in [-0.2, -0.15) is 0 Å². The summed E-state index contributed by atoms with van der Waals surface area (Å²) in [6.45, 7) is 7.57. The van der Waals surface area contributed by atoms with Crippen LogP contribution in [0.2, 0.25) is 0 Å². The van der Waals surface area contributed by atoms with Gasteiger partial charge in [0.25, 0.3) is 0 Å². The van der Waals surface area contributed by atoms with E-state index < -0.39 is 0 Å². The van der Waals surface area contributed by atoms with Crippen molar-refractivity contribution < 1.29 is 9.13 Å². The molecule has 1 heterocycles. The molecule has 2 unspecified atom stereocenters. The predicted molar refractivity (Wildman–Crippen MR) is 66.3 cm³/mol. The quantitative estimate of drug-likeness (QED) is 0.795. The monoisotopic (exact) mass is 240 g/mol. The summed E-state index contributed by atoms with van der Waals surface area (Å²) in [5.41, 5.74) is 0.873. The SMILES string of the molecule is CCOC(C)CNC(CC)c1ccc(F)cn1. The first-order chi connectivity index (χ1) is 8.17. The Morgan fingerprint density at radius 2 is 2.18 bits per heavy atom. The number of hydrogen-bond acceptors (Lipinski definition) is 3. The van der Waals surface area contributed by atoms with Gasteiger partial charge in [-0.15, -0.1) is 0 Å². The molecule has 0 spiro atoms. The van der Waals surface area contributed by atoms with E-state index in [1.54, 1.807) is 6.07 Å². The molecular weight excluding hydrogens is 219 g/mol. The van der Waals surface area contributed by atoms with Crippen molar-refractivity contribution >= 4 is 0 Å². The van der Waals surface area contributed by atoms with E-state index >= 15 is 0 Å². The van der Waals surface area contributed by atoms with Crippen LogP contribution in [-0.2, 0) is 4.74 Å². The van der Waals surface area contributed by atoms with Gasteiger partial charge >= 0.3 is 0 Å². The number of aromatic nitrogens is 1. The molecule has 17 heavy (non-hydrogen) atoms. The van der Waals surface area contributed by atoms with Crippen molar-refractivity contribution in [3.8, 4) is 0 Å². The number of nitrogens with one attached hydrogen (secondary N) is 1. The van der Waals surface area contributed by atoms with E-state index in [1.807, 2.05) is 13.8 Å². The minimum absolute atomic E-state index is 0.151. The molecule has 0 aliphatic rings. The van der Waals surface area contributed by atoms with E-state index in [0.717, 1.165) is 18.7 Å². The number of halogens is 1. The van der Waals surface area contributed by atoms with Crippen molar-refractivity contribution in [2.75, 3.05) is 13.2 Å². The third-order valence-electron chi connectivity index (χ3n) is 2.62. The smallest absolute Gasteiger partial charge is 0.141 e. The first-order valence-corrected chi connectivity index (χ1v) is 6.13. The summed E-state index contributed by atoms with van der Waals surface area (Å²) in [4.78, 5) is 4.10. The molecule has 96 valence electrons. The van der Waals surface area contributed by atoms with Crippen LogP contribution in [0.25, 0.3) is 0 Å². The Hall–Kier alpha value is -1.00. The van der Waals surface area contributed by atoms with Crippen molar-refractivity contribution in [1.82, 2.24) is 10.3 Å². The van der Waals surface area contributed by atoms with Crippen LogP contribution >= 0.6 is 0 Å². The van der Waals surface area contributed by atoms with Crippen LogP contribution in [0.4, 0.5) is 4.39 Å². The summed E-state index contributed by atoms with van der Waals surface area (Å²) in [7, 11) is 0. The van der Waals surface area contributed by atoms with Crippen molar-refractivity contribution in [1.29, 1.82) is 0 Å². The molecule has 0 saturated heterocycles. The summed E-state index contributed by atoms with van der Waals surface area (Å²) in [5, 5.41) is 3.38. The van der Waals surface area contributed by atoms with Gasteiger partial charge in [-0.05, 0) is 32.4 Å². The lowest BCUT2D eigenvalue weighted by atomic mass is 10.1. The number of pyridine rings is 1. The normalized spacial score (nSPS) is 14.6. The van der Waals surface area contributed by atoms with Gasteiger partial charge < -0.3 is 10.1 Å². The molecule has 0 aromatic carbocycles. The lowest BCUT2D eigenvalue weighted by Crippen LogP contribution is -2.30. The predicted octanol–water partition coefficient (Wildman–Crippen LogP) is 2.69. The molecule has 3 nitrogen and oxygen atoms in total. The van der Waals surface area contributed by atoms with Gasteiger partial charge in [-0.25, -0.2) is 4.39 Å². The van der Waals surface area contributed by atoms with Crippen molar-refractivity contribution in [3.05, 3.63) is 29.8 Å². The van der Waals surface area contributed by atoms with E-state index in [4.69, 9.17) is 4.74 Å². The molecule has 1 N–H and O–H groups in total. The molecule has 0 aliphatic carbocycles. The Bertz CT molecular complexity index is 316. The molecule has 1 rings (SSSR count). The van der Waals surface area contributed by atoms with Gasteiger partial charge in [0, 0.05) is 19.2 Å². The fourth-order valence-corrected chi connectivity index (χ4v) is 1.70. The van der Waals surface area contributed by atoms with Gasteiger partial charge in [0.15, 0.2) is 0 Å². The highest BCUT2D eigenvalue weighted by atomic mass is 19.1. The average Bonchev–Trinajstić information content (AvgIpc) is 2.32. The maximum absolute atomic E-state index is 12.8. The fourth-order valence-electron chi connectivity index (χ4n) is 1.70. The topological polar surface area (TPSA) is 34.1 Å². The molecule has 4 heteroatoms. The Kier molecular flexibility index (Phi) is 6.08. The number of rotatable bonds is 7. The first kappa shape index (κ1) is 14.1. The Balaban J connectivity index is 2.51. The third-order valence-corrected chi connectivity index (χ3v) is 2.62. The minimum atomic E-state index is -0.300. The summed E-state index contributed by atoms with van der Waals surface area (Å²) < 4.78 is 18.2. The molecule has 0 aliphatic heterocycles. The van der Waals surface area contributed by atoms with Crippen LogP contribution in [0, 0.1) is 5.82 Å². The van der Waals surface area contributed by atoms with Gasteiger partial charge in [-0.3, -0.25) is 4.98 Å². The van der Waals surface area contributed by atoms with Gasteiger partial charge in [0.05, 0.1) is 18.0 Å². The van der Waals surface area contributed by atoms with E-state index in [-0.39, 0.29) is 18.0 Å². The molecule has 0 bridgehead atoms. The number of ether oxygens (including phenoxy) is 1. The average molecular weight is 240 g/mol. The second kappa shape index (κ2) is 7.35. The van der Waals surface area contributed by atoms with Crippen LogP contribution in [0.5, 0.6) is 0 Å². The lowest BCUT2D eigenvalue weighted by Gasteiger charge is -2.19. The fraction of sp³-hybridized carbons (Fsp3) is 0.615. The highest BCUT2D eigenvalue weighted by Gasteiger charge is 2.11. The Morgan fingerprint density at radius 1 is 1.41 bits per heavy atom. The van der Waals surface area contributed by atoms with Crippen LogP contribution in [-0.4, -0.2) is 24.2 Å². The van der Waals surface area contributed by atoms with E-state index in [2.05, 4.69) is 17.2 Å². The van der Waals surface area contributed by atoms with Gasteiger partial charge in [-0.1, -0.05) is 6.92 Å². The molecule has 1 aromatic rings. The summed E-state index contributed by atoms with van der Waals surface area (Å²) >= 11 is 0. The van der Waals surface area contributed by atoms with E-state index in [9.17, 15) is 4.39 Å². The summed E-state index contributed by atoms with van der Waals surface area (Å²) in [5.74, 6) is -0.300. The van der Waals surface area contributed by atoms with E-state index in [1.165, 1.54) is 12.3 Å². The molecule has 2 atom stereocenters. The maximum Gasteiger partial charge on any atom is 0.141 e. The van der Waals surface area contributed by atoms with Crippen LogP contribution in [0.3, 0.4) is 0 Å². The van der Waals surface area contributed by atoms with E-state index in [0.29, 0.717) is 6.61 Å². The van der Waals surface area contributed by atoms with Crippen molar-refractivity contribution in [2.45, 2.75) is 39.3 Å². The Labute approximate surface area is 102 Å². The summed E-state index contributed by atoms with van der Waals surface area (Å²) in [6, 6.07) is 3.32. The second-order valence-electron chi connectivity index (χ2n) is 4.04. The molecule has 0 amide bonds. The third kappa shape index (κ3) is 4.79. The molecular formula is C13H21FN2O. The molecule has 0 saturated carbocycles. The zero-order valence-corrected chi connectivity index (χ0v) is 10.7. The van der Waals surface area contributed by atoms with Gasteiger partial charge in [0.2, 0.25) is 0 Å².